The monoisotopic (exact) mass is 235 g/mol. The van der Waals surface area contributed by atoms with E-state index in [0.29, 0.717) is 13.2 Å². The molecule has 1 heterocycles. The van der Waals surface area contributed by atoms with E-state index in [1.165, 1.54) is 0 Å². The Balaban J connectivity index is 2.05. The van der Waals surface area contributed by atoms with Gasteiger partial charge >= 0.3 is 0 Å². The van der Waals surface area contributed by atoms with Crippen molar-refractivity contribution in [3.63, 3.8) is 0 Å². The van der Waals surface area contributed by atoms with Crippen molar-refractivity contribution in [1.82, 2.24) is 4.90 Å². The predicted octanol–water partition coefficient (Wildman–Crippen LogP) is 1.44. The minimum Gasteiger partial charge on any atom is -0.497 e. The van der Waals surface area contributed by atoms with Crippen LogP contribution in [0.15, 0.2) is 24.3 Å². The molecule has 0 aliphatic carbocycles. The standard InChI is InChI=1S/C13H17NO3/c1-10-8-17-9-13(15)14(10)7-11-3-5-12(16-2)6-4-11/h3-6,10H,7-9H2,1-2H3/t10-/m1/s1. The normalized spacial score (nSPS) is 20.5. The van der Waals surface area contributed by atoms with Crippen molar-refractivity contribution in [2.75, 3.05) is 20.3 Å². The highest BCUT2D eigenvalue weighted by Gasteiger charge is 2.25. The van der Waals surface area contributed by atoms with Gasteiger partial charge in [0.25, 0.3) is 0 Å². The minimum atomic E-state index is 0.0552. The lowest BCUT2D eigenvalue weighted by Gasteiger charge is -2.33. The molecule has 1 atom stereocenters. The van der Waals surface area contributed by atoms with Gasteiger partial charge in [-0.25, -0.2) is 0 Å². The molecule has 0 radical (unpaired) electrons. The third-order valence-corrected chi connectivity index (χ3v) is 2.95. The Morgan fingerprint density at radius 2 is 2.12 bits per heavy atom. The van der Waals surface area contributed by atoms with E-state index in [9.17, 15) is 4.79 Å². The van der Waals surface area contributed by atoms with Gasteiger partial charge in [-0.3, -0.25) is 4.79 Å². The lowest BCUT2D eigenvalue weighted by Crippen LogP contribution is -2.47. The molecular formula is C13H17NO3. The molecule has 17 heavy (non-hydrogen) atoms. The van der Waals surface area contributed by atoms with Crippen LogP contribution < -0.4 is 4.74 Å². The van der Waals surface area contributed by atoms with Crippen LogP contribution in [-0.2, 0) is 16.1 Å². The molecule has 4 nitrogen and oxygen atoms in total. The second-order valence-corrected chi connectivity index (χ2v) is 4.23. The number of nitrogens with zero attached hydrogens (tertiary/aromatic N) is 1. The van der Waals surface area contributed by atoms with E-state index in [1.54, 1.807) is 7.11 Å². The largest absolute Gasteiger partial charge is 0.497 e. The first-order valence-corrected chi connectivity index (χ1v) is 5.71. The van der Waals surface area contributed by atoms with Crippen LogP contribution in [0.25, 0.3) is 0 Å². The summed E-state index contributed by atoms with van der Waals surface area (Å²) in [6.07, 6.45) is 0. The number of hydrogen-bond acceptors (Lipinski definition) is 3. The van der Waals surface area contributed by atoms with E-state index in [1.807, 2.05) is 36.1 Å². The SMILES string of the molecule is COc1ccc(CN2C(=O)COC[C@H]2C)cc1. The first kappa shape index (κ1) is 11.9. The van der Waals surface area contributed by atoms with Crippen molar-refractivity contribution in [3.05, 3.63) is 29.8 Å². The highest BCUT2D eigenvalue weighted by molar-refractivity contribution is 5.78. The molecule has 4 heteroatoms. The summed E-state index contributed by atoms with van der Waals surface area (Å²) in [6.45, 7) is 3.44. The van der Waals surface area contributed by atoms with Crippen molar-refractivity contribution < 1.29 is 14.3 Å². The molecule has 1 aliphatic heterocycles. The summed E-state index contributed by atoms with van der Waals surface area (Å²) in [5.41, 5.74) is 1.10. The fourth-order valence-electron chi connectivity index (χ4n) is 1.91. The maximum atomic E-state index is 11.7. The number of carbonyl (C=O) groups excluding carboxylic acids is 1. The number of hydrogen-bond donors (Lipinski definition) is 0. The van der Waals surface area contributed by atoms with E-state index < -0.39 is 0 Å². The average Bonchev–Trinajstić information content (AvgIpc) is 2.35. The fraction of sp³-hybridized carbons (Fsp3) is 0.462. The zero-order chi connectivity index (χ0) is 12.3. The van der Waals surface area contributed by atoms with Crippen LogP contribution in [0.2, 0.25) is 0 Å². The summed E-state index contributed by atoms with van der Waals surface area (Å²) >= 11 is 0. The first-order chi connectivity index (χ1) is 8.20. The molecule has 0 unspecified atom stereocenters. The molecule has 1 aromatic carbocycles. The van der Waals surface area contributed by atoms with E-state index in [2.05, 4.69) is 0 Å². The Kier molecular flexibility index (Phi) is 3.64. The van der Waals surface area contributed by atoms with E-state index in [0.717, 1.165) is 11.3 Å². The molecule has 2 rings (SSSR count). The Morgan fingerprint density at radius 1 is 1.41 bits per heavy atom. The maximum Gasteiger partial charge on any atom is 0.249 e. The maximum absolute atomic E-state index is 11.7. The van der Waals surface area contributed by atoms with Crippen molar-refractivity contribution in [1.29, 1.82) is 0 Å². The average molecular weight is 235 g/mol. The zero-order valence-electron chi connectivity index (χ0n) is 10.2. The van der Waals surface area contributed by atoms with Gasteiger partial charge in [0.05, 0.1) is 19.8 Å². The van der Waals surface area contributed by atoms with Gasteiger partial charge in [0.15, 0.2) is 0 Å². The summed E-state index contributed by atoms with van der Waals surface area (Å²) in [7, 11) is 1.64. The molecular weight excluding hydrogens is 218 g/mol. The smallest absolute Gasteiger partial charge is 0.249 e. The summed E-state index contributed by atoms with van der Waals surface area (Å²) in [5, 5.41) is 0. The van der Waals surface area contributed by atoms with Gasteiger partial charge in [-0.1, -0.05) is 12.1 Å². The van der Waals surface area contributed by atoms with E-state index in [-0.39, 0.29) is 18.6 Å². The summed E-state index contributed by atoms with van der Waals surface area (Å²) in [6, 6.07) is 7.91. The second-order valence-electron chi connectivity index (χ2n) is 4.23. The lowest BCUT2D eigenvalue weighted by molar-refractivity contribution is -0.148. The second kappa shape index (κ2) is 5.19. The van der Waals surface area contributed by atoms with Crippen LogP contribution in [0.5, 0.6) is 5.75 Å². The highest BCUT2D eigenvalue weighted by atomic mass is 16.5. The molecule has 0 bridgehead atoms. The highest BCUT2D eigenvalue weighted by Crippen LogP contribution is 2.16. The van der Waals surface area contributed by atoms with Gasteiger partial charge in [-0.2, -0.15) is 0 Å². The number of methoxy groups -OCH3 is 1. The van der Waals surface area contributed by atoms with Crippen LogP contribution in [0.1, 0.15) is 12.5 Å². The van der Waals surface area contributed by atoms with Gasteiger partial charge in [0, 0.05) is 6.54 Å². The number of benzene rings is 1. The molecule has 1 saturated heterocycles. The fourth-order valence-corrected chi connectivity index (χ4v) is 1.91. The van der Waals surface area contributed by atoms with Gasteiger partial charge in [0.2, 0.25) is 5.91 Å². The number of ether oxygens (including phenoxy) is 2. The number of amides is 1. The van der Waals surface area contributed by atoms with Crippen LogP contribution in [0, 0.1) is 0 Å². The van der Waals surface area contributed by atoms with Crippen molar-refractivity contribution in [2.45, 2.75) is 19.5 Å². The molecule has 1 fully saturated rings. The van der Waals surface area contributed by atoms with Crippen LogP contribution in [0.3, 0.4) is 0 Å². The third kappa shape index (κ3) is 2.77. The van der Waals surface area contributed by atoms with Gasteiger partial charge in [-0.05, 0) is 24.6 Å². The Bertz CT molecular complexity index is 388. The molecule has 0 saturated carbocycles. The molecule has 1 amide bonds. The molecule has 0 N–H and O–H groups in total. The topological polar surface area (TPSA) is 38.8 Å². The van der Waals surface area contributed by atoms with E-state index >= 15 is 0 Å². The minimum absolute atomic E-state index is 0.0552. The molecule has 0 spiro atoms. The summed E-state index contributed by atoms with van der Waals surface area (Å²) in [4.78, 5) is 13.6. The zero-order valence-corrected chi connectivity index (χ0v) is 10.2. The number of carbonyl (C=O) groups is 1. The summed E-state index contributed by atoms with van der Waals surface area (Å²) < 4.78 is 10.3. The van der Waals surface area contributed by atoms with Crippen LogP contribution in [-0.4, -0.2) is 37.2 Å². The number of rotatable bonds is 3. The Hall–Kier alpha value is -1.55. The summed E-state index contributed by atoms with van der Waals surface area (Å²) in [5.74, 6) is 0.884. The molecule has 0 aromatic heterocycles. The Labute approximate surface area is 101 Å². The van der Waals surface area contributed by atoms with Crippen LogP contribution in [0.4, 0.5) is 0 Å². The quantitative estimate of drug-likeness (QED) is 0.795. The van der Waals surface area contributed by atoms with E-state index in [4.69, 9.17) is 9.47 Å². The molecule has 1 aromatic rings. The van der Waals surface area contributed by atoms with Crippen molar-refractivity contribution in [2.24, 2.45) is 0 Å². The molecule has 1 aliphatic rings. The molecule has 92 valence electrons. The van der Waals surface area contributed by atoms with Crippen molar-refractivity contribution >= 4 is 5.91 Å². The lowest BCUT2D eigenvalue weighted by atomic mass is 10.1. The van der Waals surface area contributed by atoms with Gasteiger partial charge in [-0.15, -0.1) is 0 Å². The van der Waals surface area contributed by atoms with Gasteiger partial charge in [0.1, 0.15) is 12.4 Å². The third-order valence-electron chi connectivity index (χ3n) is 2.95. The number of morpholine rings is 1. The first-order valence-electron chi connectivity index (χ1n) is 5.71. The predicted molar refractivity (Wildman–Crippen MR) is 63.8 cm³/mol. The van der Waals surface area contributed by atoms with Crippen molar-refractivity contribution in [3.8, 4) is 5.75 Å². The van der Waals surface area contributed by atoms with Gasteiger partial charge < -0.3 is 14.4 Å². The Morgan fingerprint density at radius 3 is 2.71 bits per heavy atom. The van der Waals surface area contributed by atoms with Crippen LogP contribution >= 0.6 is 0 Å².